The molecule has 2 heterocycles. The van der Waals surface area contributed by atoms with E-state index >= 15 is 0 Å². The predicted molar refractivity (Wildman–Crippen MR) is 82.0 cm³/mol. The van der Waals surface area contributed by atoms with Crippen molar-refractivity contribution in [1.29, 1.82) is 0 Å². The van der Waals surface area contributed by atoms with Crippen molar-refractivity contribution in [2.45, 2.75) is 25.0 Å². The molecule has 0 atom stereocenters. The van der Waals surface area contributed by atoms with Gasteiger partial charge in [-0.15, -0.1) is 12.4 Å². The van der Waals surface area contributed by atoms with E-state index in [1.54, 1.807) is 12.0 Å². The quantitative estimate of drug-likeness (QED) is 0.929. The van der Waals surface area contributed by atoms with E-state index in [2.05, 4.69) is 5.32 Å². The van der Waals surface area contributed by atoms with Gasteiger partial charge in [-0.05, 0) is 30.8 Å². The summed E-state index contributed by atoms with van der Waals surface area (Å²) in [5.74, 6) is 0.826. The van der Waals surface area contributed by atoms with Gasteiger partial charge in [-0.3, -0.25) is 4.90 Å². The number of halogens is 1. The fourth-order valence-corrected chi connectivity index (χ4v) is 2.91. The maximum atomic E-state index is 12.0. The SMILES string of the molecule is COc1ccc(CN2CC3(CCNCC3)OC2=O)cc1.Cl. The Morgan fingerprint density at radius 2 is 1.95 bits per heavy atom. The highest BCUT2D eigenvalue weighted by Crippen LogP contribution is 2.32. The van der Waals surface area contributed by atoms with Gasteiger partial charge in [0, 0.05) is 19.4 Å². The molecule has 2 aliphatic rings. The van der Waals surface area contributed by atoms with Crippen molar-refractivity contribution in [2.75, 3.05) is 26.7 Å². The molecule has 0 aromatic heterocycles. The maximum Gasteiger partial charge on any atom is 0.410 e. The monoisotopic (exact) mass is 312 g/mol. The van der Waals surface area contributed by atoms with Crippen LogP contribution >= 0.6 is 12.4 Å². The number of piperidine rings is 1. The van der Waals surface area contributed by atoms with E-state index in [9.17, 15) is 4.79 Å². The molecule has 0 aliphatic carbocycles. The van der Waals surface area contributed by atoms with E-state index in [0.717, 1.165) is 37.2 Å². The highest BCUT2D eigenvalue weighted by Gasteiger charge is 2.45. The lowest BCUT2D eigenvalue weighted by atomic mass is 9.92. The lowest BCUT2D eigenvalue weighted by Gasteiger charge is -2.31. The number of carbonyl (C=O) groups is 1. The standard InChI is InChI=1S/C15H20N2O3.ClH/c1-19-13-4-2-12(3-5-13)10-17-11-15(20-14(17)18)6-8-16-9-7-15;/h2-5,16H,6-11H2,1H3;1H. The Bertz CT molecular complexity index is 486. The molecule has 1 N–H and O–H groups in total. The number of nitrogens with one attached hydrogen (secondary N) is 1. The smallest absolute Gasteiger partial charge is 0.410 e. The van der Waals surface area contributed by atoms with Gasteiger partial charge < -0.3 is 14.8 Å². The number of nitrogens with zero attached hydrogens (tertiary/aromatic N) is 1. The zero-order valence-corrected chi connectivity index (χ0v) is 12.9. The van der Waals surface area contributed by atoms with Crippen molar-refractivity contribution in [3.05, 3.63) is 29.8 Å². The summed E-state index contributed by atoms with van der Waals surface area (Å²) in [4.78, 5) is 13.8. The van der Waals surface area contributed by atoms with Crippen LogP contribution in [-0.4, -0.2) is 43.3 Å². The summed E-state index contributed by atoms with van der Waals surface area (Å²) in [5, 5.41) is 3.30. The van der Waals surface area contributed by atoms with Gasteiger partial charge in [0.25, 0.3) is 0 Å². The summed E-state index contributed by atoms with van der Waals surface area (Å²) < 4.78 is 10.8. The summed E-state index contributed by atoms with van der Waals surface area (Å²) in [6.07, 6.45) is 1.61. The number of methoxy groups -OCH3 is 1. The number of amides is 1. The number of hydrogen-bond donors (Lipinski definition) is 1. The van der Waals surface area contributed by atoms with E-state index in [-0.39, 0.29) is 24.1 Å². The second-order valence-electron chi connectivity index (χ2n) is 5.51. The first kappa shape index (κ1) is 15.9. The maximum absolute atomic E-state index is 12.0. The molecule has 1 aromatic rings. The topological polar surface area (TPSA) is 50.8 Å². The van der Waals surface area contributed by atoms with Crippen LogP contribution in [0.3, 0.4) is 0 Å². The largest absolute Gasteiger partial charge is 0.497 e. The van der Waals surface area contributed by atoms with Gasteiger partial charge >= 0.3 is 6.09 Å². The van der Waals surface area contributed by atoms with Crippen LogP contribution in [0.4, 0.5) is 4.79 Å². The number of hydrogen-bond acceptors (Lipinski definition) is 4. The molecule has 2 fully saturated rings. The first-order chi connectivity index (χ1) is 9.71. The van der Waals surface area contributed by atoms with Gasteiger partial charge in [0.2, 0.25) is 0 Å². The normalized spacial score (nSPS) is 20.0. The molecule has 2 saturated heterocycles. The summed E-state index contributed by atoms with van der Waals surface area (Å²) >= 11 is 0. The Morgan fingerprint density at radius 1 is 1.29 bits per heavy atom. The molecule has 0 unspecified atom stereocenters. The minimum Gasteiger partial charge on any atom is -0.497 e. The van der Waals surface area contributed by atoms with E-state index in [1.165, 1.54) is 0 Å². The lowest BCUT2D eigenvalue weighted by Crippen LogP contribution is -2.44. The molecular weight excluding hydrogens is 292 g/mol. The molecule has 0 bridgehead atoms. The summed E-state index contributed by atoms with van der Waals surface area (Å²) in [7, 11) is 1.65. The Balaban J connectivity index is 0.00000161. The fraction of sp³-hybridized carbons (Fsp3) is 0.533. The molecule has 1 aromatic carbocycles. The average Bonchev–Trinajstić information content (AvgIpc) is 2.76. The van der Waals surface area contributed by atoms with Gasteiger partial charge in [0.15, 0.2) is 0 Å². The highest BCUT2D eigenvalue weighted by atomic mass is 35.5. The van der Waals surface area contributed by atoms with Crippen LogP contribution in [0.1, 0.15) is 18.4 Å². The number of carbonyl (C=O) groups excluding carboxylic acids is 1. The van der Waals surface area contributed by atoms with E-state index < -0.39 is 0 Å². The zero-order valence-electron chi connectivity index (χ0n) is 12.1. The van der Waals surface area contributed by atoms with Gasteiger partial charge in [0.1, 0.15) is 11.4 Å². The molecule has 5 nitrogen and oxygen atoms in total. The molecule has 116 valence electrons. The van der Waals surface area contributed by atoms with Crippen LogP contribution in [0.15, 0.2) is 24.3 Å². The Labute approximate surface area is 131 Å². The first-order valence-electron chi connectivity index (χ1n) is 7.02. The molecule has 0 radical (unpaired) electrons. The summed E-state index contributed by atoms with van der Waals surface area (Å²) in [6, 6.07) is 7.80. The van der Waals surface area contributed by atoms with Crippen molar-refractivity contribution >= 4 is 18.5 Å². The second-order valence-corrected chi connectivity index (χ2v) is 5.51. The van der Waals surface area contributed by atoms with Crippen molar-refractivity contribution in [3.63, 3.8) is 0 Å². The zero-order chi connectivity index (χ0) is 14.0. The molecule has 3 rings (SSSR count). The van der Waals surface area contributed by atoms with Crippen molar-refractivity contribution in [1.82, 2.24) is 10.2 Å². The number of rotatable bonds is 3. The van der Waals surface area contributed by atoms with Crippen LogP contribution in [0.2, 0.25) is 0 Å². The van der Waals surface area contributed by atoms with E-state index in [4.69, 9.17) is 9.47 Å². The van der Waals surface area contributed by atoms with E-state index in [0.29, 0.717) is 13.1 Å². The predicted octanol–water partition coefficient (Wildman–Crippen LogP) is 2.19. The van der Waals surface area contributed by atoms with Crippen LogP contribution in [0.5, 0.6) is 5.75 Å². The van der Waals surface area contributed by atoms with Crippen molar-refractivity contribution in [2.24, 2.45) is 0 Å². The van der Waals surface area contributed by atoms with E-state index in [1.807, 2.05) is 24.3 Å². The minimum atomic E-state index is -0.269. The molecule has 1 spiro atoms. The summed E-state index contributed by atoms with van der Waals surface area (Å²) in [6.45, 7) is 3.13. The number of ether oxygens (including phenoxy) is 2. The Kier molecular flexibility index (Phi) is 4.96. The molecular formula is C15H21ClN2O3. The van der Waals surface area contributed by atoms with Gasteiger partial charge in [-0.25, -0.2) is 4.79 Å². The highest BCUT2D eigenvalue weighted by molar-refractivity contribution is 5.85. The van der Waals surface area contributed by atoms with Gasteiger partial charge in [0.05, 0.1) is 13.7 Å². The number of benzene rings is 1. The molecule has 21 heavy (non-hydrogen) atoms. The van der Waals surface area contributed by atoms with Crippen molar-refractivity contribution in [3.8, 4) is 5.75 Å². The van der Waals surface area contributed by atoms with Crippen molar-refractivity contribution < 1.29 is 14.3 Å². The third kappa shape index (κ3) is 3.41. The summed E-state index contributed by atoms with van der Waals surface area (Å²) in [5.41, 5.74) is 0.822. The third-order valence-electron chi connectivity index (χ3n) is 4.09. The third-order valence-corrected chi connectivity index (χ3v) is 4.09. The van der Waals surface area contributed by atoms with Gasteiger partial charge in [-0.2, -0.15) is 0 Å². The Morgan fingerprint density at radius 3 is 2.57 bits per heavy atom. The molecule has 6 heteroatoms. The molecule has 0 saturated carbocycles. The van der Waals surface area contributed by atoms with Crippen LogP contribution in [-0.2, 0) is 11.3 Å². The van der Waals surface area contributed by atoms with Crippen LogP contribution in [0.25, 0.3) is 0 Å². The Hall–Kier alpha value is -1.46. The van der Waals surface area contributed by atoms with Gasteiger partial charge in [-0.1, -0.05) is 12.1 Å². The lowest BCUT2D eigenvalue weighted by molar-refractivity contribution is 0.0316. The second kappa shape index (κ2) is 6.54. The van der Waals surface area contributed by atoms with Crippen LogP contribution < -0.4 is 10.1 Å². The molecule has 1 amide bonds. The average molecular weight is 313 g/mol. The first-order valence-corrected chi connectivity index (χ1v) is 7.02. The fourth-order valence-electron chi connectivity index (χ4n) is 2.91. The van der Waals surface area contributed by atoms with Crippen LogP contribution in [0, 0.1) is 0 Å². The minimum absolute atomic E-state index is 0. The molecule has 2 aliphatic heterocycles.